The number of carbonyl (C=O) groups is 1. The lowest BCUT2D eigenvalue weighted by Gasteiger charge is -2.36. The highest BCUT2D eigenvalue weighted by molar-refractivity contribution is 14.0. The molecule has 8 heteroatoms. The number of benzene rings is 1. The fourth-order valence-electron chi connectivity index (χ4n) is 2.93. The molecule has 1 aliphatic rings. The molecular weight excluding hydrogens is 473 g/mol. The Balaban J connectivity index is 0.00000261. The van der Waals surface area contributed by atoms with Crippen molar-refractivity contribution in [3.63, 3.8) is 0 Å². The normalized spacial score (nSPS) is 14.7. The van der Waals surface area contributed by atoms with Crippen molar-refractivity contribution < 1.29 is 4.79 Å². The van der Waals surface area contributed by atoms with E-state index < -0.39 is 0 Å². The van der Waals surface area contributed by atoms with Crippen LogP contribution in [0.2, 0.25) is 0 Å². The van der Waals surface area contributed by atoms with Crippen molar-refractivity contribution in [2.45, 2.75) is 20.4 Å². The number of piperazine rings is 1. The molecular formula is C19H26IN5OS. The van der Waals surface area contributed by atoms with E-state index in [2.05, 4.69) is 34.7 Å². The fraction of sp³-hybridized carbons (Fsp3) is 0.421. The number of amides is 1. The van der Waals surface area contributed by atoms with Crippen LogP contribution in [0.25, 0.3) is 11.3 Å². The summed E-state index contributed by atoms with van der Waals surface area (Å²) in [6.45, 7) is 8.17. The monoisotopic (exact) mass is 499 g/mol. The Morgan fingerprint density at radius 1 is 1.19 bits per heavy atom. The van der Waals surface area contributed by atoms with E-state index in [9.17, 15) is 4.79 Å². The number of nitrogens with zero attached hydrogens (tertiary/aromatic N) is 4. The molecule has 27 heavy (non-hydrogen) atoms. The third-order valence-electron chi connectivity index (χ3n) is 4.34. The van der Waals surface area contributed by atoms with Crippen molar-refractivity contribution in [3.05, 3.63) is 40.7 Å². The summed E-state index contributed by atoms with van der Waals surface area (Å²) in [4.78, 5) is 25.1. The van der Waals surface area contributed by atoms with Crippen LogP contribution in [0.5, 0.6) is 0 Å². The first kappa shape index (κ1) is 21.6. The smallest absolute Gasteiger partial charge is 0.219 e. The Morgan fingerprint density at radius 3 is 2.48 bits per heavy atom. The number of aliphatic imine (C=N–C) groups is 1. The molecule has 1 aromatic heterocycles. The topological polar surface area (TPSA) is 60.8 Å². The largest absolute Gasteiger partial charge is 0.357 e. The standard InChI is InChI=1S/C19H25N5OS.HI/c1-3-20-19(24-11-9-23(10-12-24)15(2)25)21-13-18-22-17(14-26-18)16-7-5-4-6-8-16;/h4-8,14H,3,9-13H2,1-2H3,(H,20,21);1H. The summed E-state index contributed by atoms with van der Waals surface area (Å²) in [6.07, 6.45) is 0. The van der Waals surface area contributed by atoms with Gasteiger partial charge in [0.25, 0.3) is 0 Å². The van der Waals surface area contributed by atoms with Crippen LogP contribution in [0.15, 0.2) is 40.7 Å². The number of thiazole rings is 1. The summed E-state index contributed by atoms with van der Waals surface area (Å²) in [5.74, 6) is 1.04. The number of hydrogen-bond acceptors (Lipinski definition) is 4. The van der Waals surface area contributed by atoms with Crippen molar-refractivity contribution in [2.24, 2.45) is 4.99 Å². The molecule has 0 aliphatic carbocycles. The van der Waals surface area contributed by atoms with Gasteiger partial charge in [0.05, 0.1) is 12.2 Å². The van der Waals surface area contributed by atoms with Crippen LogP contribution in [-0.2, 0) is 11.3 Å². The molecule has 1 fully saturated rings. The summed E-state index contributed by atoms with van der Waals surface area (Å²) in [6, 6.07) is 10.2. The molecule has 1 aliphatic heterocycles. The maximum Gasteiger partial charge on any atom is 0.219 e. The Hall–Kier alpha value is -1.68. The van der Waals surface area contributed by atoms with Gasteiger partial charge in [-0.05, 0) is 6.92 Å². The van der Waals surface area contributed by atoms with Gasteiger partial charge >= 0.3 is 0 Å². The van der Waals surface area contributed by atoms with Gasteiger partial charge in [0.1, 0.15) is 5.01 Å². The van der Waals surface area contributed by atoms with Gasteiger partial charge in [-0.3, -0.25) is 4.79 Å². The number of rotatable bonds is 4. The second-order valence-corrected chi connectivity index (χ2v) is 7.10. The first-order valence-corrected chi connectivity index (χ1v) is 9.84. The molecule has 2 heterocycles. The summed E-state index contributed by atoms with van der Waals surface area (Å²) >= 11 is 1.64. The van der Waals surface area contributed by atoms with Gasteiger partial charge in [0.15, 0.2) is 5.96 Å². The molecule has 1 amide bonds. The maximum atomic E-state index is 11.5. The molecule has 2 aromatic rings. The van der Waals surface area contributed by atoms with Crippen LogP contribution in [0.1, 0.15) is 18.9 Å². The van der Waals surface area contributed by atoms with Gasteiger partial charge in [-0.1, -0.05) is 30.3 Å². The lowest BCUT2D eigenvalue weighted by Crippen LogP contribution is -2.53. The number of hydrogen-bond donors (Lipinski definition) is 1. The summed E-state index contributed by atoms with van der Waals surface area (Å²) in [5, 5.41) is 6.44. The van der Waals surface area contributed by atoms with E-state index in [1.54, 1.807) is 18.3 Å². The molecule has 0 bridgehead atoms. The molecule has 3 rings (SSSR count). The molecule has 0 radical (unpaired) electrons. The van der Waals surface area contributed by atoms with Gasteiger partial charge in [-0.15, -0.1) is 35.3 Å². The van der Waals surface area contributed by atoms with Crippen molar-refractivity contribution in [3.8, 4) is 11.3 Å². The van der Waals surface area contributed by atoms with E-state index in [1.807, 2.05) is 23.1 Å². The van der Waals surface area contributed by atoms with Gasteiger partial charge in [0.2, 0.25) is 5.91 Å². The molecule has 1 aromatic carbocycles. The van der Waals surface area contributed by atoms with Crippen molar-refractivity contribution in [1.29, 1.82) is 0 Å². The SMILES string of the molecule is CCNC(=NCc1nc(-c2ccccc2)cs1)N1CCN(C(C)=O)CC1.I. The quantitative estimate of drug-likeness (QED) is 0.399. The summed E-state index contributed by atoms with van der Waals surface area (Å²) in [5.41, 5.74) is 2.13. The number of carbonyl (C=O) groups excluding carboxylic acids is 1. The van der Waals surface area contributed by atoms with Crippen LogP contribution in [0, 0.1) is 0 Å². The van der Waals surface area contributed by atoms with Gasteiger partial charge in [0, 0.05) is 50.6 Å². The molecule has 1 N–H and O–H groups in total. The van der Waals surface area contributed by atoms with Crippen molar-refractivity contribution in [1.82, 2.24) is 20.1 Å². The molecule has 0 saturated carbocycles. The van der Waals surface area contributed by atoms with Crippen molar-refractivity contribution in [2.75, 3.05) is 32.7 Å². The van der Waals surface area contributed by atoms with Crippen molar-refractivity contribution >= 4 is 47.2 Å². The van der Waals surface area contributed by atoms with E-state index in [1.165, 1.54) is 0 Å². The average molecular weight is 499 g/mol. The molecule has 0 unspecified atom stereocenters. The predicted octanol–water partition coefficient (Wildman–Crippen LogP) is 3.06. The van der Waals surface area contributed by atoms with Gasteiger partial charge in [-0.25, -0.2) is 9.98 Å². The fourth-order valence-corrected chi connectivity index (χ4v) is 3.65. The van der Waals surface area contributed by atoms with Crippen LogP contribution in [0.4, 0.5) is 0 Å². The molecule has 0 spiro atoms. The average Bonchev–Trinajstić information content (AvgIpc) is 3.15. The molecule has 6 nitrogen and oxygen atoms in total. The van der Waals surface area contributed by atoms with E-state index in [-0.39, 0.29) is 29.9 Å². The van der Waals surface area contributed by atoms with Crippen LogP contribution in [0.3, 0.4) is 0 Å². The van der Waals surface area contributed by atoms with Gasteiger partial charge in [-0.2, -0.15) is 0 Å². The Labute approximate surface area is 181 Å². The zero-order chi connectivity index (χ0) is 18.4. The minimum Gasteiger partial charge on any atom is -0.357 e. The van der Waals surface area contributed by atoms with E-state index in [0.717, 1.165) is 54.9 Å². The first-order chi connectivity index (χ1) is 12.7. The minimum atomic E-state index is 0. The van der Waals surface area contributed by atoms with E-state index in [4.69, 9.17) is 9.98 Å². The van der Waals surface area contributed by atoms with Crippen LogP contribution >= 0.6 is 35.3 Å². The third-order valence-corrected chi connectivity index (χ3v) is 5.18. The maximum absolute atomic E-state index is 11.5. The Bertz CT molecular complexity index is 756. The highest BCUT2D eigenvalue weighted by atomic mass is 127. The van der Waals surface area contributed by atoms with Crippen LogP contribution < -0.4 is 5.32 Å². The molecule has 146 valence electrons. The number of halogens is 1. The van der Waals surface area contributed by atoms with E-state index in [0.29, 0.717) is 6.54 Å². The summed E-state index contributed by atoms with van der Waals surface area (Å²) < 4.78 is 0. The Kier molecular flexibility index (Phi) is 8.49. The minimum absolute atomic E-state index is 0. The Morgan fingerprint density at radius 2 is 1.85 bits per heavy atom. The second kappa shape index (κ2) is 10.6. The molecule has 0 atom stereocenters. The lowest BCUT2D eigenvalue weighted by atomic mass is 10.2. The number of nitrogens with one attached hydrogen (secondary N) is 1. The second-order valence-electron chi connectivity index (χ2n) is 6.16. The van der Waals surface area contributed by atoms with Gasteiger partial charge < -0.3 is 15.1 Å². The highest BCUT2D eigenvalue weighted by Gasteiger charge is 2.20. The third kappa shape index (κ3) is 5.90. The molecule has 1 saturated heterocycles. The summed E-state index contributed by atoms with van der Waals surface area (Å²) in [7, 11) is 0. The highest BCUT2D eigenvalue weighted by Crippen LogP contribution is 2.22. The zero-order valence-electron chi connectivity index (χ0n) is 15.7. The van der Waals surface area contributed by atoms with Crippen LogP contribution in [-0.4, -0.2) is 59.4 Å². The first-order valence-electron chi connectivity index (χ1n) is 8.96. The number of aromatic nitrogens is 1. The van der Waals surface area contributed by atoms with E-state index >= 15 is 0 Å². The number of guanidine groups is 1. The predicted molar refractivity (Wildman–Crippen MR) is 122 cm³/mol. The lowest BCUT2D eigenvalue weighted by molar-refractivity contribution is -0.130. The zero-order valence-corrected chi connectivity index (χ0v) is 18.9.